The van der Waals surface area contributed by atoms with Crippen LogP contribution in [-0.2, 0) is 9.53 Å². The van der Waals surface area contributed by atoms with Crippen LogP contribution in [0.5, 0.6) is 5.75 Å². The van der Waals surface area contributed by atoms with Gasteiger partial charge in [0.25, 0.3) is 5.91 Å². The summed E-state index contributed by atoms with van der Waals surface area (Å²) in [5, 5.41) is 1.22. The van der Waals surface area contributed by atoms with Gasteiger partial charge in [-0.2, -0.15) is 0 Å². The molecule has 22 heavy (non-hydrogen) atoms. The average molecular weight is 340 g/mol. The number of hydrogen-bond donors (Lipinski definition) is 0. The molecule has 5 nitrogen and oxygen atoms in total. The summed E-state index contributed by atoms with van der Waals surface area (Å²) in [5.41, 5.74) is 0. The quantitative estimate of drug-likeness (QED) is 0.789. The van der Waals surface area contributed by atoms with Crippen LogP contribution in [-0.4, -0.2) is 43.1 Å². The second-order valence-electron chi connectivity index (χ2n) is 4.90. The molecule has 1 fully saturated rings. The molecule has 2 heterocycles. The van der Waals surface area contributed by atoms with Crippen LogP contribution < -0.4 is 4.74 Å². The van der Waals surface area contributed by atoms with E-state index in [0.29, 0.717) is 47.3 Å². The minimum Gasteiger partial charge on any atom is -0.424 e. The molecule has 0 spiro atoms. The lowest BCUT2D eigenvalue weighted by molar-refractivity contribution is -0.131. The maximum Gasteiger partial charge on any atom is 0.308 e. The fourth-order valence-electron chi connectivity index (χ4n) is 2.34. The Kier molecular flexibility index (Phi) is 4.33. The summed E-state index contributed by atoms with van der Waals surface area (Å²) in [4.78, 5) is 26.2. The molecule has 116 valence electrons. The fraction of sp³-hybridized carbons (Fsp3) is 0.333. The van der Waals surface area contributed by atoms with Gasteiger partial charge in [0.1, 0.15) is 4.88 Å². The molecule has 0 N–H and O–H groups in total. The predicted octanol–water partition coefficient (Wildman–Crippen LogP) is 2.95. The third-order valence-electron chi connectivity index (χ3n) is 3.34. The lowest BCUT2D eigenvalue weighted by Crippen LogP contribution is -2.40. The molecule has 0 aliphatic carbocycles. The van der Waals surface area contributed by atoms with Gasteiger partial charge >= 0.3 is 5.97 Å². The molecule has 1 aliphatic heterocycles. The van der Waals surface area contributed by atoms with Crippen molar-refractivity contribution in [3.63, 3.8) is 0 Å². The van der Waals surface area contributed by atoms with E-state index in [2.05, 4.69) is 0 Å². The van der Waals surface area contributed by atoms with Crippen molar-refractivity contribution in [1.29, 1.82) is 0 Å². The number of carbonyl (C=O) groups is 2. The number of ether oxygens (including phenoxy) is 2. The predicted molar refractivity (Wildman–Crippen MR) is 84.9 cm³/mol. The first-order valence-electron chi connectivity index (χ1n) is 6.84. The summed E-state index contributed by atoms with van der Waals surface area (Å²) in [5.74, 6) is -0.306. The van der Waals surface area contributed by atoms with Gasteiger partial charge in [-0.3, -0.25) is 9.59 Å². The monoisotopic (exact) mass is 339 g/mol. The van der Waals surface area contributed by atoms with Crippen LogP contribution in [0.2, 0.25) is 5.02 Å². The van der Waals surface area contributed by atoms with Crippen LogP contribution in [0.25, 0.3) is 10.1 Å². The van der Waals surface area contributed by atoms with E-state index in [4.69, 9.17) is 21.1 Å². The van der Waals surface area contributed by atoms with Gasteiger partial charge in [-0.05, 0) is 18.2 Å². The second-order valence-corrected chi connectivity index (χ2v) is 6.39. The van der Waals surface area contributed by atoms with Gasteiger partial charge in [0.15, 0.2) is 5.75 Å². The lowest BCUT2D eigenvalue weighted by Gasteiger charge is -2.26. The first-order valence-corrected chi connectivity index (χ1v) is 8.03. The lowest BCUT2D eigenvalue weighted by atomic mass is 10.2. The Morgan fingerprint density at radius 3 is 2.73 bits per heavy atom. The molecule has 1 aromatic heterocycles. The maximum atomic E-state index is 12.7. The molecule has 2 aromatic rings. The second kappa shape index (κ2) is 6.24. The Bertz CT molecular complexity index is 736. The van der Waals surface area contributed by atoms with E-state index in [9.17, 15) is 9.59 Å². The van der Waals surface area contributed by atoms with Crippen LogP contribution in [0.15, 0.2) is 18.2 Å². The topological polar surface area (TPSA) is 55.8 Å². The number of morpholine rings is 1. The van der Waals surface area contributed by atoms with Gasteiger partial charge in [-0.1, -0.05) is 11.6 Å². The smallest absolute Gasteiger partial charge is 0.308 e. The Morgan fingerprint density at radius 2 is 2.05 bits per heavy atom. The molecule has 0 saturated carbocycles. The van der Waals surface area contributed by atoms with E-state index in [0.717, 1.165) is 4.70 Å². The van der Waals surface area contributed by atoms with Gasteiger partial charge < -0.3 is 14.4 Å². The van der Waals surface area contributed by atoms with Crippen molar-refractivity contribution in [3.05, 3.63) is 28.1 Å². The number of halogens is 1. The summed E-state index contributed by atoms with van der Waals surface area (Å²) in [6, 6.07) is 5.29. The van der Waals surface area contributed by atoms with E-state index in [1.807, 2.05) is 6.07 Å². The molecule has 0 radical (unpaired) electrons. The number of amides is 1. The molecule has 1 aromatic carbocycles. The molecule has 7 heteroatoms. The van der Waals surface area contributed by atoms with E-state index in [1.165, 1.54) is 18.3 Å². The van der Waals surface area contributed by atoms with Crippen molar-refractivity contribution in [2.75, 3.05) is 26.3 Å². The van der Waals surface area contributed by atoms with E-state index < -0.39 is 5.97 Å². The highest BCUT2D eigenvalue weighted by molar-refractivity contribution is 7.21. The molecule has 0 unspecified atom stereocenters. The third kappa shape index (κ3) is 2.95. The third-order valence-corrected chi connectivity index (χ3v) is 4.72. The standard InChI is InChI=1S/C15H14ClNO4S/c1-9(18)21-13-11-8-10(16)2-3-12(11)22-14(13)15(19)17-4-6-20-7-5-17/h2-3,8H,4-7H2,1H3. The molecule has 1 amide bonds. The molecule has 1 aliphatic rings. The molecule has 0 atom stereocenters. The van der Waals surface area contributed by atoms with Crippen LogP contribution in [0.1, 0.15) is 16.6 Å². The summed E-state index contributed by atoms with van der Waals surface area (Å²) in [6.07, 6.45) is 0. The molecule has 0 bridgehead atoms. The van der Waals surface area contributed by atoms with Crippen molar-refractivity contribution >= 4 is 44.9 Å². The van der Waals surface area contributed by atoms with Crippen molar-refractivity contribution in [1.82, 2.24) is 4.90 Å². The number of thiophene rings is 1. The molecular formula is C15H14ClNO4S. The van der Waals surface area contributed by atoms with Crippen molar-refractivity contribution in [3.8, 4) is 5.75 Å². The SMILES string of the molecule is CC(=O)Oc1c(C(=O)N2CCOCC2)sc2ccc(Cl)cc12. The minimum atomic E-state index is -0.462. The van der Waals surface area contributed by atoms with Gasteiger partial charge in [0, 0.05) is 35.1 Å². The normalized spacial score (nSPS) is 15.1. The van der Waals surface area contributed by atoms with Crippen LogP contribution in [0.3, 0.4) is 0 Å². The molecule has 1 saturated heterocycles. The number of carbonyl (C=O) groups excluding carboxylic acids is 2. The number of benzene rings is 1. The minimum absolute atomic E-state index is 0.142. The first kappa shape index (κ1) is 15.3. The van der Waals surface area contributed by atoms with E-state index in [-0.39, 0.29) is 5.91 Å². The van der Waals surface area contributed by atoms with Gasteiger partial charge in [-0.15, -0.1) is 11.3 Å². The van der Waals surface area contributed by atoms with E-state index in [1.54, 1.807) is 17.0 Å². The summed E-state index contributed by atoms with van der Waals surface area (Å²) >= 11 is 7.33. The summed E-state index contributed by atoms with van der Waals surface area (Å²) < 4.78 is 11.4. The zero-order chi connectivity index (χ0) is 15.7. The molecule has 3 rings (SSSR count). The largest absolute Gasteiger partial charge is 0.424 e. The number of nitrogens with zero attached hydrogens (tertiary/aromatic N) is 1. The first-order chi connectivity index (χ1) is 10.6. The zero-order valence-electron chi connectivity index (χ0n) is 11.9. The Hall–Kier alpha value is -1.63. The highest BCUT2D eigenvalue weighted by Gasteiger charge is 2.26. The number of fused-ring (bicyclic) bond motifs is 1. The highest BCUT2D eigenvalue weighted by atomic mass is 35.5. The highest BCUT2D eigenvalue weighted by Crippen LogP contribution is 2.40. The Balaban J connectivity index is 2.06. The Labute approximate surface area is 136 Å². The summed E-state index contributed by atoms with van der Waals surface area (Å²) in [6.45, 7) is 3.43. The summed E-state index contributed by atoms with van der Waals surface area (Å²) in [7, 11) is 0. The van der Waals surface area contributed by atoms with Crippen molar-refractivity contribution < 1.29 is 19.1 Å². The van der Waals surface area contributed by atoms with Crippen molar-refractivity contribution in [2.24, 2.45) is 0 Å². The molecular weight excluding hydrogens is 326 g/mol. The van der Waals surface area contributed by atoms with Gasteiger partial charge in [0.2, 0.25) is 0 Å². The van der Waals surface area contributed by atoms with Crippen LogP contribution in [0.4, 0.5) is 0 Å². The number of hydrogen-bond acceptors (Lipinski definition) is 5. The van der Waals surface area contributed by atoms with Gasteiger partial charge in [-0.25, -0.2) is 0 Å². The van der Waals surface area contributed by atoms with Crippen LogP contribution in [0, 0.1) is 0 Å². The zero-order valence-corrected chi connectivity index (χ0v) is 13.5. The maximum absolute atomic E-state index is 12.7. The number of rotatable bonds is 2. The number of esters is 1. The average Bonchev–Trinajstić information content (AvgIpc) is 2.85. The van der Waals surface area contributed by atoms with E-state index >= 15 is 0 Å². The van der Waals surface area contributed by atoms with Crippen LogP contribution >= 0.6 is 22.9 Å². The van der Waals surface area contributed by atoms with Crippen molar-refractivity contribution in [2.45, 2.75) is 6.92 Å². The Morgan fingerprint density at radius 1 is 1.32 bits per heavy atom. The van der Waals surface area contributed by atoms with Gasteiger partial charge in [0.05, 0.1) is 13.2 Å². The fourth-order valence-corrected chi connectivity index (χ4v) is 3.59.